The predicted octanol–water partition coefficient (Wildman–Crippen LogP) is 7.33. The number of nitrogens with zero attached hydrogens (tertiary/aromatic N) is 2. The Morgan fingerprint density at radius 3 is 1.10 bits per heavy atom. The number of carbonyl (C=O) groups excluding carboxylic acids is 6. The van der Waals surface area contributed by atoms with Crippen molar-refractivity contribution < 1.29 is 57.2 Å². The van der Waals surface area contributed by atoms with E-state index < -0.39 is 16.2 Å². The molecule has 3 aliphatic rings. The summed E-state index contributed by atoms with van der Waals surface area (Å²) >= 11 is 0. The van der Waals surface area contributed by atoms with Gasteiger partial charge in [-0.2, -0.15) is 0 Å². The fourth-order valence-electron chi connectivity index (χ4n) is 8.45. The predicted molar refractivity (Wildman–Crippen MR) is 235 cm³/mol. The Bertz CT molecular complexity index is 1340. The first-order valence-electron chi connectivity index (χ1n) is 23.7. The highest BCUT2D eigenvalue weighted by atomic mass is 16.6. The largest absolute Gasteiger partial charge is 0.464 e. The Labute approximate surface area is 372 Å². The first-order chi connectivity index (χ1) is 29.3. The third kappa shape index (κ3) is 20.1. The van der Waals surface area contributed by atoms with Gasteiger partial charge < -0.3 is 28.4 Å². The van der Waals surface area contributed by atoms with Crippen molar-refractivity contribution in [3.8, 4) is 0 Å². The fraction of sp³-hybridized carbons (Fsp3) is 0.875. The summed E-state index contributed by atoms with van der Waals surface area (Å²) in [4.78, 5) is 80.7. The standard InChI is InChI=1S/C48H82N2O12/c1-46(2,3)43(54)60-31-25-50(26-32-61-44(55)47(4,5)6)27-33-62-45(56)48(7,8)35-36-16-15-21-39(34-36)42(53)59-30-24-49(22-28-57-40(51)37-17-11-9-12-18-37)23-29-58-41(52)38-19-13-10-14-20-38/h36-39H,9-35H2,1-8H3. The van der Waals surface area contributed by atoms with E-state index in [0.29, 0.717) is 52.1 Å². The molecule has 62 heavy (non-hydrogen) atoms. The van der Waals surface area contributed by atoms with E-state index in [0.717, 1.165) is 83.5 Å². The Morgan fingerprint density at radius 1 is 0.403 bits per heavy atom. The third-order valence-corrected chi connectivity index (χ3v) is 12.4. The van der Waals surface area contributed by atoms with Crippen LogP contribution in [0.1, 0.15) is 152 Å². The Morgan fingerprint density at radius 2 is 0.726 bits per heavy atom. The van der Waals surface area contributed by atoms with Crippen LogP contribution in [-0.4, -0.2) is 125 Å². The molecular formula is C48H82N2O12. The minimum atomic E-state index is -0.785. The highest BCUT2D eigenvalue weighted by Gasteiger charge is 2.37. The van der Waals surface area contributed by atoms with Crippen LogP contribution in [0, 0.1) is 39.9 Å². The van der Waals surface area contributed by atoms with Crippen molar-refractivity contribution in [2.75, 3.05) is 78.9 Å². The van der Waals surface area contributed by atoms with E-state index in [4.69, 9.17) is 28.4 Å². The molecule has 14 heteroatoms. The summed E-state index contributed by atoms with van der Waals surface area (Å²) in [5, 5.41) is 0. The molecule has 2 unspecified atom stereocenters. The summed E-state index contributed by atoms with van der Waals surface area (Å²) in [5.41, 5.74) is -2.04. The SMILES string of the molecule is CC(C)(C)C(=O)OCCN(CCOC(=O)C(C)(C)C)CCOC(=O)C(C)(C)CC1CCCC(C(=O)OCCN(CCOC(=O)C2CCCCC2)CCOC(=O)C2CCCCC2)C1. The monoisotopic (exact) mass is 879 g/mol. The lowest BCUT2D eigenvalue weighted by atomic mass is 9.73. The molecule has 0 heterocycles. The maximum Gasteiger partial charge on any atom is 0.311 e. The number of esters is 6. The van der Waals surface area contributed by atoms with Gasteiger partial charge in [-0.3, -0.25) is 38.6 Å². The molecule has 3 rings (SSSR count). The van der Waals surface area contributed by atoms with Crippen LogP contribution < -0.4 is 0 Å². The van der Waals surface area contributed by atoms with E-state index in [9.17, 15) is 28.8 Å². The van der Waals surface area contributed by atoms with Crippen molar-refractivity contribution in [1.29, 1.82) is 0 Å². The Balaban J connectivity index is 1.46. The van der Waals surface area contributed by atoms with E-state index >= 15 is 0 Å². The van der Waals surface area contributed by atoms with Gasteiger partial charge in [0.25, 0.3) is 0 Å². The van der Waals surface area contributed by atoms with E-state index in [1.165, 1.54) is 0 Å². The molecule has 0 amide bonds. The van der Waals surface area contributed by atoms with Crippen molar-refractivity contribution in [2.24, 2.45) is 39.9 Å². The van der Waals surface area contributed by atoms with Crippen LogP contribution in [0.15, 0.2) is 0 Å². The second-order valence-corrected chi connectivity index (χ2v) is 20.6. The molecule has 356 valence electrons. The molecule has 0 spiro atoms. The molecule has 0 aromatic rings. The van der Waals surface area contributed by atoms with E-state index in [1.54, 1.807) is 41.5 Å². The summed E-state index contributed by atoms with van der Waals surface area (Å²) in [6.45, 7) is 18.0. The zero-order valence-electron chi connectivity index (χ0n) is 39.7. The number of rotatable bonds is 24. The summed E-state index contributed by atoms with van der Waals surface area (Å²) < 4.78 is 33.8. The molecule has 14 nitrogen and oxygen atoms in total. The van der Waals surface area contributed by atoms with Gasteiger partial charge in [0.05, 0.1) is 34.0 Å². The number of ether oxygens (including phenoxy) is 6. The normalized spacial score (nSPS) is 19.5. The van der Waals surface area contributed by atoms with Crippen LogP contribution in [0.4, 0.5) is 0 Å². The maximum absolute atomic E-state index is 13.4. The lowest BCUT2D eigenvalue weighted by molar-refractivity contribution is -0.156. The summed E-state index contributed by atoms with van der Waals surface area (Å²) in [5.74, 6) is -1.67. The molecule has 3 saturated carbocycles. The number of hydrogen-bond acceptors (Lipinski definition) is 14. The van der Waals surface area contributed by atoms with Crippen LogP contribution >= 0.6 is 0 Å². The molecule has 0 saturated heterocycles. The number of carbonyl (C=O) groups is 6. The van der Waals surface area contributed by atoms with Crippen molar-refractivity contribution in [2.45, 2.75) is 152 Å². The first kappa shape index (κ1) is 53.1. The Kier molecular flexibility index (Phi) is 22.7. The molecule has 0 bridgehead atoms. The van der Waals surface area contributed by atoms with Gasteiger partial charge in [-0.05, 0) is 106 Å². The molecule has 0 aromatic carbocycles. The minimum Gasteiger partial charge on any atom is -0.464 e. The van der Waals surface area contributed by atoms with E-state index in [2.05, 4.69) is 0 Å². The minimum absolute atomic E-state index is 0.0332. The van der Waals surface area contributed by atoms with Gasteiger partial charge in [0.2, 0.25) is 0 Å². The summed E-state index contributed by atoms with van der Waals surface area (Å²) in [6, 6.07) is 0. The average Bonchev–Trinajstić information content (AvgIpc) is 3.22. The first-order valence-corrected chi connectivity index (χ1v) is 23.7. The van der Waals surface area contributed by atoms with Gasteiger partial charge in [0, 0.05) is 39.3 Å². The van der Waals surface area contributed by atoms with Crippen LogP contribution in [-0.2, 0) is 57.2 Å². The topological polar surface area (TPSA) is 164 Å². The van der Waals surface area contributed by atoms with E-state index in [1.807, 2.05) is 23.6 Å². The van der Waals surface area contributed by atoms with Gasteiger partial charge >= 0.3 is 35.8 Å². The molecular weight excluding hydrogens is 797 g/mol. The quantitative estimate of drug-likeness (QED) is 0.0700. The van der Waals surface area contributed by atoms with Crippen LogP contribution in [0.3, 0.4) is 0 Å². The van der Waals surface area contributed by atoms with Crippen molar-refractivity contribution in [3.63, 3.8) is 0 Å². The van der Waals surface area contributed by atoms with Crippen molar-refractivity contribution in [3.05, 3.63) is 0 Å². The van der Waals surface area contributed by atoms with Crippen molar-refractivity contribution >= 4 is 35.8 Å². The highest BCUT2D eigenvalue weighted by molar-refractivity contribution is 5.77. The fourth-order valence-corrected chi connectivity index (χ4v) is 8.45. The molecule has 0 N–H and O–H groups in total. The smallest absolute Gasteiger partial charge is 0.311 e. The zero-order valence-corrected chi connectivity index (χ0v) is 39.7. The van der Waals surface area contributed by atoms with E-state index in [-0.39, 0.29) is 99.1 Å². The van der Waals surface area contributed by atoms with Crippen LogP contribution in [0.2, 0.25) is 0 Å². The van der Waals surface area contributed by atoms with Gasteiger partial charge in [0.15, 0.2) is 0 Å². The second-order valence-electron chi connectivity index (χ2n) is 20.6. The van der Waals surface area contributed by atoms with Crippen LogP contribution in [0.5, 0.6) is 0 Å². The molecule has 0 aromatic heterocycles. The lowest BCUT2D eigenvalue weighted by Gasteiger charge is -2.33. The average molecular weight is 879 g/mol. The van der Waals surface area contributed by atoms with Gasteiger partial charge in [0.1, 0.15) is 39.6 Å². The van der Waals surface area contributed by atoms with Gasteiger partial charge in [-0.25, -0.2) is 0 Å². The van der Waals surface area contributed by atoms with Crippen LogP contribution in [0.25, 0.3) is 0 Å². The molecule has 3 aliphatic carbocycles. The van der Waals surface area contributed by atoms with Gasteiger partial charge in [-0.15, -0.1) is 0 Å². The third-order valence-electron chi connectivity index (χ3n) is 12.4. The summed E-state index contributed by atoms with van der Waals surface area (Å²) in [7, 11) is 0. The summed E-state index contributed by atoms with van der Waals surface area (Å²) in [6.07, 6.45) is 13.7. The molecule has 0 aliphatic heterocycles. The highest BCUT2D eigenvalue weighted by Crippen LogP contribution is 2.38. The molecule has 2 atom stereocenters. The van der Waals surface area contributed by atoms with Gasteiger partial charge in [-0.1, -0.05) is 51.4 Å². The molecule has 3 fully saturated rings. The zero-order chi connectivity index (χ0) is 45.8. The second kappa shape index (κ2) is 26.5. The Hall–Kier alpha value is -3.26. The lowest BCUT2D eigenvalue weighted by Crippen LogP contribution is -2.38. The number of hydrogen-bond donors (Lipinski definition) is 0. The maximum atomic E-state index is 13.4. The van der Waals surface area contributed by atoms with Crippen molar-refractivity contribution in [1.82, 2.24) is 9.80 Å². The molecule has 0 radical (unpaired) electrons.